The van der Waals surface area contributed by atoms with Crippen molar-refractivity contribution < 1.29 is 14.6 Å². The van der Waals surface area contributed by atoms with Crippen LogP contribution in [-0.2, 0) is 0 Å². The van der Waals surface area contributed by atoms with Gasteiger partial charge in [0.15, 0.2) is 23.8 Å². The van der Waals surface area contributed by atoms with Crippen LogP contribution in [0, 0.1) is 5.21 Å². The molecule has 0 unspecified atom stereocenters. The molecular weight excluding hydrogens is 206 g/mol. The van der Waals surface area contributed by atoms with Gasteiger partial charge in [0, 0.05) is 5.56 Å². The molecule has 1 aromatic carbocycles. The highest BCUT2D eigenvalue weighted by Gasteiger charge is 2.05. The highest BCUT2D eigenvalue weighted by Crippen LogP contribution is 2.26. The monoisotopic (exact) mass is 223 g/mol. The van der Waals surface area contributed by atoms with Crippen LogP contribution < -0.4 is 4.74 Å². The summed E-state index contributed by atoms with van der Waals surface area (Å²) < 4.78 is 6.09. The van der Waals surface area contributed by atoms with Gasteiger partial charge < -0.3 is 15.1 Å². The fourth-order valence-electron chi connectivity index (χ4n) is 1.18. The quantitative estimate of drug-likeness (QED) is 0.368. The molecule has 0 atom stereocenters. The van der Waals surface area contributed by atoms with Crippen molar-refractivity contribution in [3.8, 4) is 11.5 Å². The van der Waals surface area contributed by atoms with Crippen LogP contribution in [0.3, 0.4) is 0 Å². The van der Waals surface area contributed by atoms with E-state index in [0.29, 0.717) is 17.9 Å². The van der Waals surface area contributed by atoms with Crippen molar-refractivity contribution in [2.45, 2.75) is 26.8 Å². The van der Waals surface area contributed by atoms with Crippen molar-refractivity contribution in [1.29, 1.82) is 0 Å². The number of phenols is 1. The Labute approximate surface area is 95.4 Å². The highest BCUT2D eigenvalue weighted by molar-refractivity contribution is 5.77. The number of hydrogen-bond acceptors (Lipinski definition) is 3. The maximum absolute atomic E-state index is 11.4. The molecule has 0 amide bonds. The molecule has 88 valence electrons. The molecule has 0 aliphatic heterocycles. The molecule has 0 radical (unpaired) electrons. The van der Waals surface area contributed by atoms with Gasteiger partial charge in [-0.25, -0.2) is 4.74 Å². The summed E-state index contributed by atoms with van der Waals surface area (Å²) in [6, 6.07) is 4.73. The van der Waals surface area contributed by atoms with E-state index in [1.807, 2.05) is 20.8 Å². The Kier molecular flexibility index (Phi) is 4.17. The fraction of sp³-hybridized carbons (Fsp3) is 0.417. The van der Waals surface area contributed by atoms with Crippen LogP contribution in [0.1, 0.15) is 26.3 Å². The summed E-state index contributed by atoms with van der Waals surface area (Å²) in [6.45, 7) is 5.94. The van der Waals surface area contributed by atoms with Crippen LogP contribution in [0.5, 0.6) is 11.5 Å². The Balaban J connectivity index is 2.99. The number of nitrogens with zero attached hydrogens (tertiary/aromatic N) is 1. The van der Waals surface area contributed by atoms with E-state index in [4.69, 9.17) is 4.74 Å². The fourth-order valence-corrected chi connectivity index (χ4v) is 1.18. The van der Waals surface area contributed by atoms with Crippen LogP contribution in [-0.4, -0.2) is 28.7 Å². The molecule has 0 aliphatic rings. The van der Waals surface area contributed by atoms with Crippen LogP contribution in [0.25, 0.3) is 0 Å². The van der Waals surface area contributed by atoms with Crippen molar-refractivity contribution >= 4 is 6.21 Å². The molecule has 0 heterocycles. The van der Waals surface area contributed by atoms with Gasteiger partial charge in [0.2, 0.25) is 0 Å². The SMILES string of the molecule is CCOc1cc(C=[N+]([O-])C(C)C)ccc1O. The number of ether oxygens (including phenoxy) is 1. The minimum Gasteiger partial charge on any atom is -0.624 e. The largest absolute Gasteiger partial charge is 0.624 e. The van der Waals surface area contributed by atoms with E-state index in [-0.39, 0.29) is 11.8 Å². The molecule has 0 aliphatic carbocycles. The molecule has 0 saturated carbocycles. The molecule has 16 heavy (non-hydrogen) atoms. The van der Waals surface area contributed by atoms with Crippen LogP contribution in [0.4, 0.5) is 0 Å². The van der Waals surface area contributed by atoms with E-state index < -0.39 is 0 Å². The lowest BCUT2D eigenvalue weighted by molar-refractivity contribution is -0.487. The van der Waals surface area contributed by atoms with Crippen LogP contribution >= 0.6 is 0 Å². The van der Waals surface area contributed by atoms with Crippen molar-refractivity contribution in [2.75, 3.05) is 6.61 Å². The lowest BCUT2D eigenvalue weighted by atomic mass is 10.2. The van der Waals surface area contributed by atoms with Gasteiger partial charge in [0.05, 0.1) is 6.61 Å². The van der Waals surface area contributed by atoms with Crippen molar-refractivity contribution in [3.05, 3.63) is 29.0 Å². The first-order valence-electron chi connectivity index (χ1n) is 5.30. The normalized spacial score (nSPS) is 11.9. The van der Waals surface area contributed by atoms with Gasteiger partial charge in [0.25, 0.3) is 0 Å². The van der Waals surface area contributed by atoms with Crippen molar-refractivity contribution in [2.24, 2.45) is 0 Å². The third kappa shape index (κ3) is 3.15. The summed E-state index contributed by atoms with van der Waals surface area (Å²) in [5, 5.41) is 20.9. The van der Waals surface area contributed by atoms with Gasteiger partial charge in [-0.2, -0.15) is 0 Å². The molecule has 1 rings (SSSR count). The number of phenolic OH excluding ortho intramolecular Hbond substituents is 1. The summed E-state index contributed by atoms with van der Waals surface area (Å²) in [6.07, 6.45) is 1.48. The second-order valence-electron chi connectivity index (χ2n) is 3.74. The van der Waals surface area contributed by atoms with Gasteiger partial charge >= 0.3 is 0 Å². The summed E-state index contributed by atoms with van der Waals surface area (Å²) in [7, 11) is 0. The average molecular weight is 223 g/mol. The smallest absolute Gasteiger partial charge is 0.182 e. The molecule has 0 saturated heterocycles. The molecular formula is C12H17NO3. The van der Waals surface area contributed by atoms with Gasteiger partial charge in [-0.3, -0.25) is 0 Å². The number of rotatable bonds is 4. The minimum absolute atomic E-state index is 0.0843. The second kappa shape index (κ2) is 5.39. The molecule has 0 spiro atoms. The van der Waals surface area contributed by atoms with Crippen molar-refractivity contribution in [1.82, 2.24) is 0 Å². The predicted octanol–water partition coefficient (Wildman–Crippen LogP) is 2.13. The maximum atomic E-state index is 11.4. The molecule has 0 bridgehead atoms. The molecule has 0 aromatic heterocycles. The highest BCUT2D eigenvalue weighted by atomic mass is 16.5. The zero-order valence-corrected chi connectivity index (χ0v) is 9.80. The first-order valence-corrected chi connectivity index (χ1v) is 5.30. The average Bonchev–Trinajstić information content (AvgIpc) is 2.23. The first kappa shape index (κ1) is 12.4. The standard InChI is InChI=1S/C12H17NO3/c1-4-16-12-7-10(5-6-11(12)14)8-13(15)9(2)3/h5-9,14H,4H2,1-3H3. The molecule has 4 nitrogen and oxygen atoms in total. The number of hydrogen-bond donors (Lipinski definition) is 1. The summed E-state index contributed by atoms with van der Waals surface area (Å²) in [5.74, 6) is 0.481. The minimum atomic E-state index is -0.107. The summed E-state index contributed by atoms with van der Waals surface area (Å²) >= 11 is 0. The van der Waals surface area contributed by atoms with E-state index in [1.54, 1.807) is 12.1 Å². The molecule has 1 aromatic rings. The number of hydroxylamine groups is 1. The van der Waals surface area contributed by atoms with E-state index in [9.17, 15) is 10.3 Å². The Morgan fingerprint density at radius 3 is 2.75 bits per heavy atom. The van der Waals surface area contributed by atoms with Crippen molar-refractivity contribution in [3.63, 3.8) is 0 Å². The second-order valence-corrected chi connectivity index (χ2v) is 3.74. The summed E-state index contributed by atoms with van der Waals surface area (Å²) in [5.41, 5.74) is 0.713. The van der Waals surface area contributed by atoms with Crippen LogP contribution in [0.2, 0.25) is 0 Å². The number of benzene rings is 1. The zero-order chi connectivity index (χ0) is 12.1. The lowest BCUT2D eigenvalue weighted by Crippen LogP contribution is -2.14. The predicted molar refractivity (Wildman–Crippen MR) is 63.2 cm³/mol. The van der Waals surface area contributed by atoms with E-state index in [2.05, 4.69) is 0 Å². The third-order valence-electron chi connectivity index (χ3n) is 2.07. The Morgan fingerprint density at radius 1 is 1.50 bits per heavy atom. The summed E-state index contributed by atoms with van der Waals surface area (Å²) in [4.78, 5) is 0. The molecule has 4 heteroatoms. The Morgan fingerprint density at radius 2 is 2.19 bits per heavy atom. The van der Waals surface area contributed by atoms with Gasteiger partial charge in [0.1, 0.15) is 0 Å². The van der Waals surface area contributed by atoms with E-state index in [0.717, 1.165) is 4.74 Å². The topological polar surface area (TPSA) is 55.5 Å². The zero-order valence-electron chi connectivity index (χ0n) is 9.80. The van der Waals surface area contributed by atoms with Gasteiger partial charge in [-0.15, -0.1) is 0 Å². The van der Waals surface area contributed by atoms with Crippen LogP contribution in [0.15, 0.2) is 18.2 Å². The lowest BCUT2D eigenvalue weighted by Gasteiger charge is -2.08. The first-order chi connectivity index (χ1) is 7.54. The molecule has 0 fully saturated rings. The number of aromatic hydroxyl groups is 1. The maximum Gasteiger partial charge on any atom is 0.182 e. The molecule has 1 N–H and O–H groups in total. The Hall–Kier alpha value is -1.71. The Bertz CT molecular complexity index is 386. The third-order valence-corrected chi connectivity index (χ3v) is 2.07. The van der Waals surface area contributed by atoms with E-state index >= 15 is 0 Å². The van der Waals surface area contributed by atoms with E-state index in [1.165, 1.54) is 12.3 Å². The van der Waals surface area contributed by atoms with Gasteiger partial charge in [-0.1, -0.05) is 0 Å². The van der Waals surface area contributed by atoms with Gasteiger partial charge in [-0.05, 0) is 39.0 Å².